The fraction of sp³-hybridized carbons (Fsp3) is 0.600. The number of aryl methyl sites for hydroxylation is 2. The van der Waals surface area contributed by atoms with E-state index in [1.54, 1.807) is 0 Å². The maximum Gasteiger partial charge on any atom is 0.00747 e. The van der Waals surface area contributed by atoms with Gasteiger partial charge in [-0.3, -0.25) is 0 Å². The third kappa shape index (κ3) is 4.04. The van der Waals surface area contributed by atoms with Gasteiger partial charge in [-0.25, -0.2) is 0 Å². The standard InChI is InChI=1S/C15H23NS/c1-12-5-6-15(10-13(12)2)17-9-7-14-4-3-8-16-11-14/h5-6,10,14,16H,3-4,7-9,11H2,1-2H3. The van der Waals surface area contributed by atoms with E-state index in [4.69, 9.17) is 0 Å². The predicted octanol–water partition coefficient (Wildman–Crippen LogP) is 3.79. The van der Waals surface area contributed by atoms with Crippen molar-refractivity contribution in [2.75, 3.05) is 18.8 Å². The van der Waals surface area contributed by atoms with Crippen molar-refractivity contribution in [1.82, 2.24) is 5.32 Å². The molecule has 2 heteroatoms. The molecular weight excluding hydrogens is 226 g/mol. The first kappa shape index (κ1) is 13.0. The van der Waals surface area contributed by atoms with E-state index < -0.39 is 0 Å². The van der Waals surface area contributed by atoms with Gasteiger partial charge in [-0.05, 0) is 81.1 Å². The van der Waals surface area contributed by atoms with Crippen LogP contribution in [0.2, 0.25) is 0 Å². The van der Waals surface area contributed by atoms with Gasteiger partial charge < -0.3 is 5.32 Å². The highest BCUT2D eigenvalue weighted by atomic mass is 32.2. The third-order valence-electron chi connectivity index (χ3n) is 3.67. The molecular formula is C15H23NS. The molecule has 1 nitrogen and oxygen atoms in total. The molecule has 0 spiro atoms. The molecule has 1 heterocycles. The van der Waals surface area contributed by atoms with Crippen molar-refractivity contribution < 1.29 is 0 Å². The first-order chi connectivity index (χ1) is 8.25. The van der Waals surface area contributed by atoms with Crippen LogP contribution in [0.25, 0.3) is 0 Å². The van der Waals surface area contributed by atoms with Crippen LogP contribution in [0.15, 0.2) is 23.1 Å². The fourth-order valence-electron chi connectivity index (χ4n) is 2.32. The third-order valence-corrected chi connectivity index (χ3v) is 4.70. The van der Waals surface area contributed by atoms with Gasteiger partial charge in [-0.2, -0.15) is 0 Å². The average Bonchev–Trinajstić information content (AvgIpc) is 2.35. The van der Waals surface area contributed by atoms with Gasteiger partial charge in [-0.15, -0.1) is 11.8 Å². The summed E-state index contributed by atoms with van der Waals surface area (Å²) >= 11 is 2.01. The normalized spacial score (nSPS) is 20.5. The molecule has 0 aromatic heterocycles. The lowest BCUT2D eigenvalue weighted by Gasteiger charge is -2.22. The highest BCUT2D eigenvalue weighted by Crippen LogP contribution is 2.24. The number of hydrogen-bond donors (Lipinski definition) is 1. The van der Waals surface area contributed by atoms with Crippen LogP contribution in [0.3, 0.4) is 0 Å². The Labute approximate surface area is 109 Å². The van der Waals surface area contributed by atoms with Crippen molar-refractivity contribution in [3.05, 3.63) is 29.3 Å². The first-order valence-corrected chi connectivity index (χ1v) is 7.65. The zero-order chi connectivity index (χ0) is 12.1. The number of piperidine rings is 1. The van der Waals surface area contributed by atoms with Gasteiger partial charge in [0.1, 0.15) is 0 Å². The lowest BCUT2D eigenvalue weighted by molar-refractivity contribution is 0.371. The second-order valence-electron chi connectivity index (χ2n) is 5.10. The van der Waals surface area contributed by atoms with E-state index >= 15 is 0 Å². The molecule has 1 aliphatic rings. The van der Waals surface area contributed by atoms with Gasteiger partial charge in [0.2, 0.25) is 0 Å². The Bertz CT molecular complexity index is 356. The van der Waals surface area contributed by atoms with Crippen molar-refractivity contribution in [2.24, 2.45) is 5.92 Å². The van der Waals surface area contributed by atoms with Crippen LogP contribution in [0.1, 0.15) is 30.4 Å². The van der Waals surface area contributed by atoms with E-state index in [1.165, 1.54) is 54.1 Å². The molecule has 1 atom stereocenters. The Kier molecular flexibility index (Phi) is 4.93. The minimum atomic E-state index is 0.905. The highest BCUT2D eigenvalue weighted by Gasteiger charge is 2.12. The van der Waals surface area contributed by atoms with Crippen LogP contribution < -0.4 is 5.32 Å². The van der Waals surface area contributed by atoms with Crippen molar-refractivity contribution in [3.8, 4) is 0 Å². The molecule has 1 aromatic rings. The minimum Gasteiger partial charge on any atom is -0.316 e. The summed E-state index contributed by atoms with van der Waals surface area (Å²) in [5.41, 5.74) is 2.81. The molecule has 1 saturated heterocycles. The van der Waals surface area contributed by atoms with Crippen LogP contribution in [0.4, 0.5) is 0 Å². The van der Waals surface area contributed by atoms with Crippen LogP contribution >= 0.6 is 11.8 Å². The van der Waals surface area contributed by atoms with E-state index in [0.717, 1.165) is 5.92 Å². The van der Waals surface area contributed by atoms with Gasteiger partial charge >= 0.3 is 0 Å². The first-order valence-electron chi connectivity index (χ1n) is 6.66. The van der Waals surface area contributed by atoms with Crippen molar-refractivity contribution in [3.63, 3.8) is 0 Å². The van der Waals surface area contributed by atoms with Gasteiger partial charge in [0, 0.05) is 4.90 Å². The summed E-state index contributed by atoms with van der Waals surface area (Å²) < 4.78 is 0. The van der Waals surface area contributed by atoms with Crippen molar-refractivity contribution >= 4 is 11.8 Å². The van der Waals surface area contributed by atoms with E-state index in [1.807, 2.05) is 11.8 Å². The summed E-state index contributed by atoms with van der Waals surface area (Å²) in [6, 6.07) is 6.81. The Morgan fingerprint density at radius 3 is 2.88 bits per heavy atom. The molecule has 1 aliphatic heterocycles. The monoisotopic (exact) mass is 249 g/mol. The molecule has 1 fully saturated rings. The second kappa shape index (κ2) is 6.46. The Balaban J connectivity index is 1.75. The number of hydrogen-bond acceptors (Lipinski definition) is 2. The Morgan fingerprint density at radius 2 is 2.18 bits per heavy atom. The van der Waals surface area contributed by atoms with Crippen LogP contribution in [-0.2, 0) is 0 Å². The molecule has 1 aromatic carbocycles. The lowest BCUT2D eigenvalue weighted by Crippen LogP contribution is -2.29. The molecule has 0 aliphatic carbocycles. The van der Waals surface area contributed by atoms with Crippen molar-refractivity contribution in [1.29, 1.82) is 0 Å². The molecule has 0 bridgehead atoms. The van der Waals surface area contributed by atoms with E-state index in [9.17, 15) is 0 Å². The summed E-state index contributed by atoms with van der Waals surface area (Å²) in [6.45, 7) is 6.83. The van der Waals surface area contributed by atoms with Crippen LogP contribution in [0.5, 0.6) is 0 Å². The zero-order valence-corrected chi connectivity index (χ0v) is 11.8. The SMILES string of the molecule is Cc1ccc(SCCC2CCCNC2)cc1C. The maximum absolute atomic E-state index is 3.49. The fourth-order valence-corrected chi connectivity index (χ4v) is 3.43. The molecule has 0 radical (unpaired) electrons. The smallest absolute Gasteiger partial charge is 0.00747 e. The molecule has 17 heavy (non-hydrogen) atoms. The average molecular weight is 249 g/mol. The lowest BCUT2D eigenvalue weighted by atomic mass is 9.97. The minimum absolute atomic E-state index is 0.905. The number of nitrogens with one attached hydrogen (secondary N) is 1. The van der Waals surface area contributed by atoms with Crippen LogP contribution in [-0.4, -0.2) is 18.8 Å². The molecule has 0 amide bonds. The highest BCUT2D eigenvalue weighted by molar-refractivity contribution is 7.99. The van der Waals surface area contributed by atoms with Gasteiger partial charge in [-0.1, -0.05) is 6.07 Å². The van der Waals surface area contributed by atoms with Gasteiger partial charge in [0.05, 0.1) is 0 Å². The summed E-state index contributed by atoms with van der Waals surface area (Å²) in [6.07, 6.45) is 4.13. The number of rotatable bonds is 4. The molecule has 94 valence electrons. The molecule has 0 saturated carbocycles. The second-order valence-corrected chi connectivity index (χ2v) is 6.26. The maximum atomic E-state index is 3.49. The van der Waals surface area contributed by atoms with E-state index in [0.29, 0.717) is 0 Å². The summed E-state index contributed by atoms with van der Waals surface area (Å²) in [7, 11) is 0. The van der Waals surface area contributed by atoms with Gasteiger partial charge in [0.25, 0.3) is 0 Å². The quantitative estimate of drug-likeness (QED) is 0.815. The Hall–Kier alpha value is -0.470. The molecule has 2 rings (SSSR count). The Morgan fingerprint density at radius 1 is 1.29 bits per heavy atom. The predicted molar refractivity (Wildman–Crippen MR) is 76.9 cm³/mol. The zero-order valence-electron chi connectivity index (χ0n) is 11.0. The van der Waals surface area contributed by atoms with Gasteiger partial charge in [0.15, 0.2) is 0 Å². The van der Waals surface area contributed by atoms with E-state index in [-0.39, 0.29) is 0 Å². The number of thioether (sulfide) groups is 1. The summed E-state index contributed by atoms with van der Waals surface area (Å²) in [5, 5.41) is 3.49. The largest absolute Gasteiger partial charge is 0.316 e. The summed E-state index contributed by atoms with van der Waals surface area (Å²) in [4.78, 5) is 1.43. The number of benzene rings is 1. The molecule has 1 unspecified atom stereocenters. The van der Waals surface area contributed by atoms with Crippen LogP contribution in [0, 0.1) is 19.8 Å². The molecule has 1 N–H and O–H groups in total. The summed E-state index contributed by atoms with van der Waals surface area (Å²) in [5.74, 6) is 2.16. The van der Waals surface area contributed by atoms with Crippen molar-refractivity contribution in [2.45, 2.75) is 38.0 Å². The topological polar surface area (TPSA) is 12.0 Å². The van der Waals surface area contributed by atoms with E-state index in [2.05, 4.69) is 37.4 Å².